The third-order valence-electron chi connectivity index (χ3n) is 5.40. The molecule has 1 atom stereocenters. The quantitative estimate of drug-likeness (QED) is 0.485. The molecule has 0 spiro atoms. The van der Waals surface area contributed by atoms with E-state index in [2.05, 4.69) is 19.0 Å². The zero-order valence-electron chi connectivity index (χ0n) is 16.6. The second-order valence-corrected chi connectivity index (χ2v) is 11.0. The number of carbonyl (C=O) groups is 1. The molecule has 1 aliphatic heterocycles. The molecule has 1 fully saturated rings. The third-order valence-corrected chi connectivity index (χ3v) is 8.77. The fraction of sp³-hybridized carbons (Fsp3) is 0.300. The maximum absolute atomic E-state index is 13.3. The van der Waals surface area contributed by atoms with Crippen LogP contribution in [0.4, 0.5) is 5.13 Å². The van der Waals surface area contributed by atoms with Crippen molar-refractivity contribution in [2.45, 2.75) is 24.7 Å². The average Bonchev–Trinajstić information content (AvgIpc) is 3.39. The summed E-state index contributed by atoms with van der Waals surface area (Å²) >= 11 is 2.41. The molecule has 1 amide bonds. The van der Waals surface area contributed by atoms with Crippen molar-refractivity contribution in [1.29, 1.82) is 0 Å². The summed E-state index contributed by atoms with van der Waals surface area (Å²) in [4.78, 5) is 17.5. The van der Waals surface area contributed by atoms with E-state index in [0.29, 0.717) is 35.6 Å². The summed E-state index contributed by atoms with van der Waals surface area (Å²) in [5, 5.41) is 3.42. The molecular formula is C20H19N5O3S3. The lowest BCUT2D eigenvalue weighted by molar-refractivity contribution is -0.120. The Hall–Kier alpha value is -2.47. The van der Waals surface area contributed by atoms with Crippen LogP contribution in [0.25, 0.3) is 21.3 Å². The van der Waals surface area contributed by atoms with Gasteiger partial charge in [0.05, 0.1) is 27.9 Å². The zero-order chi connectivity index (χ0) is 21.6. The number of hydrogen-bond donors (Lipinski definition) is 1. The van der Waals surface area contributed by atoms with Gasteiger partial charge in [0, 0.05) is 13.1 Å². The number of benzene rings is 2. The van der Waals surface area contributed by atoms with E-state index >= 15 is 0 Å². The molecule has 160 valence electrons. The van der Waals surface area contributed by atoms with Gasteiger partial charge in [-0.25, -0.2) is 13.4 Å². The Labute approximate surface area is 187 Å². The summed E-state index contributed by atoms with van der Waals surface area (Å²) in [6.07, 6.45) is 1.24. The Morgan fingerprint density at radius 3 is 2.94 bits per heavy atom. The minimum absolute atomic E-state index is 0.131. The minimum atomic E-state index is -3.78. The number of thiazole rings is 1. The van der Waals surface area contributed by atoms with Gasteiger partial charge < -0.3 is 5.32 Å². The van der Waals surface area contributed by atoms with Gasteiger partial charge in [-0.3, -0.25) is 4.79 Å². The van der Waals surface area contributed by atoms with Gasteiger partial charge in [-0.2, -0.15) is 13.1 Å². The molecule has 2 aromatic carbocycles. The molecule has 0 aliphatic carbocycles. The van der Waals surface area contributed by atoms with Crippen molar-refractivity contribution < 1.29 is 13.2 Å². The molecule has 4 aromatic rings. The number of aromatic nitrogens is 3. The predicted octanol–water partition coefficient (Wildman–Crippen LogP) is 3.65. The molecule has 0 unspecified atom stereocenters. The molecule has 0 bridgehead atoms. The van der Waals surface area contributed by atoms with Gasteiger partial charge in [0.2, 0.25) is 15.9 Å². The molecule has 2 aromatic heterocycles. The number of nitrogens with one attached hydrogen (secondary N) is 1. The summed E-state index contributed by atoms with van der Waals surface area (Å²) in [7, 11) is -3.78. The molecule has 31 heavy (non-hydrogen) atoms. The lowest BCUT2D eigenvalue weighted by Crippen LogP contribution is -2.43. The summed E-state index contributed by atoms with van der Waals surface area (Å²) in [6.45, 7) is 2.52. The van der Waals surface area contributed by atoms with Crippen molar-refractivity contribution in [3.63, 3.8) is 0 Å². The van der Waals surface area contributed by atoms with Crippen molar-refractivity contribution in [2.75, 3.05) is 18.4 Å². The van der Waals surface area contributed by atoms with Crippen molar-refractivity contribution in [1.82, 2.24) is 18.0 Å². The number of sulfonamides is 1. The van der Waals surface area contributed by atoms with E-state index in [-0.39, 0.29) is 17.3 Å². The molecule has 0 saturated carbocycles. The predicted molar refractivity (Wildman–Crippen MR) is 122 cm³/mol. The highest BCUT2D eigenvalue weighted by atomic mass is 32.2. The topological polar surface area (TPSA) is 105 Å². The van der Waals surface area contributed by atoms with E-state index in [1.807, 2.05) is 25.1 Å². The van der Waals surface area contributed by atoms with Crippen molar-refractivity contribution >= 4 is 65.4 Å². The molecular weight excluding hydrogens is 454 g/mol. The fourth-order valence-electron chi connectivity index (χ4n) is 3.80. The van der Waals surface area contributed by atoms with Crippen LogP contribution >= 0.6 is 23.1 Å². The Morgan fingerprint density at radius 1 is 1.19 bits per heavy atom. The second kappa shape index (κ2) is 7.90. The van der Waals surface area contributed by atoms with Crippen LogP contribution in [0, 0.1) is 12.8 Å². The molecule has 1 saturated heterocycles. The van der Waals surface area contributed by atoms with Crippen LogP contribution in [0.15, 0.2) is 41.3 Å². The van der Waals surface area contributed by atoms with E-state index < -0.39 is 15.9 Å². The van der Waals surface area contributed by atoms with Crippen LogP contribution in [0.3, 0.4) is 0 Å². The van der Waals surface area contributed by atoms with Crippen LogP contribution in [-0.4, -0.2) is 45.5 Å². The van der Waals surface area contributed by atoms with Gasteiger partial charge in [0.1, 0.15) is 15.9 Å². The third kappa shape index (κ3) is 3.82. The Balaban J connectivity index is 1.35. The largest absolute Gasteiger partial charge is 0.302 e. The highest BCUT2D eigenvalue weighted by Gasteiger charge is 2.35. The van der Waals surface area contributed by atoms with Crippen LogP contribution < -0.4 is 5.32 Å². The van der Waals surface area contributed by atoms with Crippen molar-refractivity contribution in [3.05, 3.63) is 42.0 Å². The number of rotatable bonds is 4. The molecule has 3 heterocycles. The maximum Gasteiger partial charge on any atom is 0.245 e. The second-order valence-electron chi connectivity index (χ2n) is 7.57. The van der Waals surface area contributed by atoms with Crippen molar-refractivity contribution in [2.24, 2.45) is 5.92 Å². The normalized spacial score (nSPS) is 17.9. The van der Waals surface area contributed by atoms with Crippen LogP contribution in [0.2, 0.25) is 0 Å². The van der Waals surface area contributed by atoms with Crippen LogP contribution in [0.1, 0.15) is 18.4 Å². The maximum atomic E-state index is 13.3. The van der Waals surface area contributed by atoms with Crippen molar-refractivity contribution in [3.8, 4) is 0 Å². The smallest absolute Gasteiger partial charge is 0.245 e. The van der Waals surface area contributed by atoms with Gasteiger partial charge >= 0.3 is 0 Å². The number of nitrogens with zero attached hydrogens (tertiary/aromatic N) is 4. The summed E-state index contributed by atoms with van der Waals surface area (Å²) in [5.74, 6) is -0.644. The molecule has 8 nitrogen and oxygen atoms in total. The first-order valence-electron chi connectivity index (χ1n) is 9.81. The van der Waals surface area contributed by atoms with E-state index in [1.165, 1.54) is 15.6 Å². The summed E-state index contributed by atoms with van der Waals surface area (Å²) in [6, 6.07) is 10.9. The fourth-order valence-corrected chi connectivity index (χ4v) is 7.04. The number of piperidine rings is 1. The number of amides is 1. The SMILES string of the molecule is Cc1ccc2nc(NC(=O)[C@H]3CCCN(S(=O)(=O)c4cccc5nsnc45)C3)sc2c1. The van der Waals surface area contributed by atoms with E-state index in [4.69, 9.17) is 0 Å². The average molecular weight is 474 g/mol. The number of carbonyl (C=O) groups excluding carboxylic acids is 1. The first-order chi connectivity index (χ1) is 14.9. The molecule has 11 heteroatoms. The van der Waals surface area contributed by atoms with Gasteiger partial charge in [-0.1, -0.05) is 23.5 Å². The van der Waals surface area contributed by atoms with Gasteiger partial charge in [-0.15, -0.1) is 0 Å². The first-order valence-corrected chi connectivity index (χ1v) is 12.8. The Kier molecular flexibility index (Phi) is 5.21. The Morgan fingerprint density at radius 2 is 2.06 bits per heavy atom. The zero-order valence-corrected chi connectivity index (χ0v) is 19.1. The highest BCUT2D eigenvalue weighted by molar-refractivity contribution is 7.89. The highest BCUT2D eigenvalue weighted by Crippen LogP contribution is 2.30. The summed E-state index contributed by atoms with van der Waals surface area (Å²) in [5.41, 5.74) is 2.91. The molecule has 5 rings (SSSR count). The number of fused-ring (bicyclic) bond motifs is 2. The lowest BCUT2D eigenvalue weighted by Gasteiger charge is -2.31. The monoisotopic (exact) mass is 473 g/mol. The first kappa shape index (κ1) is 20.4. The minimum Gasteiger partial charge on any atom is -0.302 e. The number of anilines is 1. The van der Waals surface area contributed by atoms with Crippen LogP contribution in [0.5, 0.6) is 0 Å². The summed E-state index contributed by atoms with van der Waals surface area (Å²) < 4.78 is 37.3. The van der Waals surface area contributed by atoms with E-state index in [9.17, 15) is 13.2 Å². The number of hydrogen-bond acceptors (Lipinski definition) is 8. The van der Waals surface area contributed by atoms with Gasteiger partial charge in [0.25, 0.3) is 0 Å². The van der Waals surface area contributed by atoms with Gasteiger partial charge in [0.15, 0.2) is 5.13 Å². The van der Waals surface area contributed by atoms with E-state index in [1.54, 1.807) is 18.2 Å². The standard InChI is InChI=1S/C20H19N5O3S3/c1-12-7-8-14-16(10-12)29-20(21-14)22-19(26)13-4-3-9-25(11-13)31(27,28)17-6-2-5-15-18(17)24-30-23-15/h2,5-8,10,13H,3-4,9,11H2,1H3,(H,21,22,26)/t13-/m0/s1. The van der Waals surface area contributed by atoms with Crippen LogP contribution in [-0.2, 0) is 14.8 Å². The molecule has 1 aliphatic rings. The number of aryl methyl sites for hydroxylation is 1. The van der Waals surface area contributed by atoms with Gasteiger partial charge in [-0.05, 0) is 49.6 Å². The lowest BCUT2D eigenvalue weighted by atomic mass is 9.99. The van der Waals surface area contributed by atoms with E-state index in [0.717, 1.165) is 27.5 Å². The Bertz CT molecular complexity index is 1400. The molecule has 0 radical (unpaired) electrons. The molecule has 1 N–H and O–H groups in total.